The van der Waals surface area contributed by atoms with Crippen LogP contribution in [-0.2, 0) is 9.59 Å². The van der Waals surface area contributed by atoms with E-state index in [2.05, 4.69) is 10.6 Å². The molecule has 1 fully saturated rings. The molecule has 2 atom stereocenters. The molecule has 3 N–H and O–H groups in total. The van der Waals surface area contributed by atoms with Gasteiger partial charge in [-0.3, -0.25) is 4.79 Å². The van der Waals surface area contributed by atoms with Gasteiger partial charge in [0.2, 0.25) is 5.91 Å². The summed E-state index contributed by atoms with van der Waals surface area (Å²) in [5.74, 6) is -0.956. The fraction of sp³-hybridized carbons (Fsp3) is 0.857. The van der Waals surface area contributed by atoms with Crippen LogP contribution in [0.15, 0.2) is 0 Å². The minimum Gasteiger partial charge on any atom is -0.480 e. The van der Waals surface area contributed by atoms with E-state index in [0.29, 0.717) is 5.92 Å². The Bertz CT molecular complexity index is 312. The van der Waals surface area contributed by atoms with Gasteiger partial charge < -0.3 is 15.7 Å². The minimum absolute atomic E-state index is 0.120. The van der Waals surface area contributed by atoms with Gasteiger partial charge >= 0.3 is 5.97 Å². The van der Waals surface area contributed by atoms with Gasteiger partial charge in [0.1, 0.15) is 6.04 Å². The van der Waals surface area contributed by atoms with Crippen LogP contribution in [0.25, 0.3) is 0 Å². The summed E-state index contributed by atoms with van der Waals surface area (Å²) in [5.41, 5.74) is 0. The smallest absolute Gasteiger partial charge is 0.326 e. The number of amides is 1. The zero-order valence-electron chi connectivity index (χ0n) is 12.1. The van der Waals surface area contributed by atoms with Crippen molar-refractivity contribution in [2.75, 3.05) is 7.05 Å². The maximum atomic E-state index is 12.3. The van der Waals surface area contributed by atoms with Gasteiger partial charge in [0.25, 0.3) is 0 Å². The van der Waals surface area contributed by atoms with Crippen molar-refractivity contribution in [1.29, 1.82) is 0 Å². The number of rotatable bonds is 6. The fourth-order valence-electron chi connectivity index (χ4n) is 2.80. The van der Waals surface area contributed by atoms with Crippen molar-refractivity contribution in [3.05, 3.63) is 0 Å². The van der Waals surface area contributed by atoms with Crippen LogP contribution in [0.3, 0.4) is 0 Å². The third-order valence-electron chi connectivity index (χ3n) is 3.95. The summed E-state index contributed by atoms with van der Waals surface area (Å²) in [5, 5.41) is 14.8. The average molecular weight is 270 g/mol. The molecule has 1 rings (SSSR count). The summed E-state index contributed by atoms with van der Waals surface area (Å²) in [4.78, 5) is 23.4. The number of aliphatic carboxylic acids is 1. The van der Waals surface area contributed by atoms with E-state index in [4.69, 9.17) is 5.11 Å². The first kappa shape index (κ1) is 16.0. The van der Waals surface area contributed by atoms with E-state index in [1.165, 1.54) is 6.42 Å². The molecule has 19 heavy (non-hydrogen) atoms. The van der Waals surface area contributed by atoms with Crippen LogP contribution >= 0.6 is 0 Å². The van der Waals surface area contributed by atoms with Crippen LogP contribution in [-0.4, -0.2) is 36.1 Å². The molecule has 0 bridgehead atoms. The number of carbonyl (C=O) groups is 2. The summed E-state index contributed by atoms with van der Waals surface area (Å²) in [6, 6.07) is -1.09. The van der Waals surface area contributed by atoms with Gasteiger partial charge in [-0.2, -0.15) is 0 Å². The second-order valence-corrected chi connectivity index (χ2v) is 5.73. The topological polar surface area (TPSA) is 78.4 Å². The maximum absolute atomic E-state index is 12.3. The predicted molar refractivity (Wildman–Crippen MR) is 73.8 cm³/mol. The largest absolute Gasteiger partial charge is 0.480 e. The van der Waals surface area contributed by atoms with Crippen LogP contribution < -0.4 is 10.6 Å². The summed E-state index contributed by atoms with van der Waals surface area (Å²) in [7, 11) is 1.77. The Hall–Kier alpha value is -1.10. The number of nitrogens with one attached hydrogen (secondary N) is 2. The number of carboxylic acid groups (broad SMARTS) is 1. The molecule has 1 saturated carbocycles. The lowest BCUT2D eigenvalue weighted by atomic mass is 9.83. The van der Waals surface area contributed by atoms with Gasteiger partial charge in [-0.05, 0) is 31.7 Å². The Balaban J connectivity index is 2.64. The molecule has 0 unspecified atom stereocenters. The molecule has 1 amide bonds. The molecule has 0 radical (unpaired) electrons. The zero-order chi connectivity index (χ0) is 14.4. The van der Waals surface area contributed by atoms with Crippen LogP contribution in [0.4, 0.5) is 0 Å². The highest BCUT2D eigenvalue weighted by Crippen LogP contribution is 2.26. The number of hydrogen-bond donors (Lipinski definition) is 3. The Morgan fingerprint density at radius 2 is 1.74 bits per heavy atom. The van der Waals surface area contributed by atoms with E-state index in [0.717, 1.165) is 25.7 Å². The van der Waals surface area contributed by atoms with Gasteiger partial charge in [-0.25, -0.2) is 4.79 Å². The second-order valence-electron chi connectivity index (χ2n) is 5.73. The molecule has 0 aromatic carbocycles. The molecule has 0 aromatic rings. The Kier molecular flexibility index (Phi) is 6.28. The van der Waals surface area contributed by atoms with Crippen molar-refractivity contribution >= 4 is 11.9 Å². The highest BCUT2D eigenvalue weighted by atomic mass is 16.4. The van der Waals surface area contributed by atoms with Gasteiger partial charge in [-0.1, -0.05) is 33.1 Å². The minimum atomic E-state index is -0.971. The average Bonchev–Trinajstić information content (AvgIpc) is 2.37. The van der Waals surface area contributed by atoms with E-state index in [1.807, 2.05) is 0 Å². The Labute approximate surface area is 115 Å². The van der Waals surface area contributed by atoms with Gasteiger partial charge in [0.15, 0.2) is 0 Å². The molecule has 5 heteroatoms. The number of carboxylic acids is 1. The SMILES string of the molecule is CN[C@H](C(=O)N[C@@H](C(=O)O)C(C)C)C1CCCCC1. The second kappa shape index (κ2) is 7.48. The van der Waals surface area contributed by atoms with Crippen LogP contribution in [0.5, 0.6) is 0 Å². The summed E-state index contributed by atoms with van der Waals surface area (Å²) in [6.45, 7) is 3.60. The summed E-state index contributed by atoms with van der Waals surface area (Å²) in [6.07, 6.45) is 5.63. The molecule has 5 nitrogen and oxygen atoms in total. The van der Waals surface area contributed by atoms with E-state index >= 15 is 0 Å². The molecule has 0 aliphatic heterocycles. The van der Waals surface area contributed by atoms with Crippen molar-refractivity contribution in [3.8, 4) is 0 Å². The molecule has 110 valence electrons. The first-order chi connectivity index (χ1) is 8.97. The monoisotopic (exact) mass is 270 g/mol. The maximum Gasteiger partial charge on any atom is 0.326 e. The van der Waals surface area contributed by atoms with E-state index in [-0.39, 0.29) is 17.9 Å². The lowest BCUT2D eigenvalue weighted by Crippen LogP contribution is -2.54. The van der Waals surface area contributed by atoms with E-state index in [9.17, 15) is 9.59 Å². The van der Waals surface area contributed by atoms with Crippen LogP contribution in [0.2, 0.25) is 0 Å². The third kappa shape index (κ3) is 4.49. The lowest BCUT2D eigenvalue weighted by molar-refractivity contribution is -0.143. The van der Waals surface area contributed by atoms with Crippen molar-refractivity contribution in [2.45, 2.75) is 58.0 Å². The third-order valence-corrected chi connectivity index (χ3v) is 3.95. The van der Waals surface area contributed by atoms with Crippen molar-refractivity contribution < 1.29 is 14.7 Å². The number of hydrogen-bond acceptors (Lipinski definition) is 3. The fourth-order valence-corrected chi connectivity index (χ4v) is 2.80. The predicted octanol–water partition coefficient (Wildman–Crippen LogP) is 1.38. The van der Waals surface area contributed by atoms with E-state index < -0.39 is 12.0 Å². The Morgan fingerprint density at radius 3 is 2.16 bits per heavy atom. The highest BCUT2D eigenvalue weighted by Gasteiger charge is 2.31. The number of carbonyl (C=O) groups excluding carboxylic acids is 1. The number of likely N-dealkylation sites (N-methyl/N-ethyl adjacent to an activating group) is 1. The lowest BCUT2D eigenvalue weighted by Gasteiger charge is -2.30. The quantitative estimate of drug-likeness (QED) is 0.681. The molecular formula is C14H26N2O3. The summed E-state index contributed by atoms with van der Waals surface area (Å²) < 4.78 is 0. The standard InChI is InChI=1S/C14H26N2O3/c1-9(2)11(14(18)19)16-13(17)12(15-3)10-7-5-4-6-8-10/h9-12,15H,4-8H2,1-3H3,(H,16,17)(H,18,19)/t11-,12+/m1/s1. The van der Waals surface area contributed by atoms with Crippen molar-refractivity contribution in [2.24, 2.45) is 11.8 Å². The molecule has 0 spiro atoms. The highest BCUT2D eigenvalue weighted by molar-refractivity contribution is 5.87. The summed E-state index contributed by atoms with van der Waals surface area (Å²) >= 11 is 0. The normalized spacial score (nSPS) is 20.0. The van der Waals surface area contributed by atoms with E-state index in [1.54, 1.807) is 20.9 Å². The van der Waals surface area contributed by atoms with Gasteiger partial charge in [-0.15, -0.1) is 0 Å². The van der Waals surface area contributed by atoms with Crippen molar-refractivity contribution in [1.82, 2.24) is 10.6 Å². The molecule has 0 aromatic heterocycles. The molecule has 1 aliphatic carbocycles. The van der Waals surface area contributed by atoms with Crippen LogP contribution in [0.1, 0.15) is 46.0 Å². The zero-order valence-corrected chi connectivity index (χ0v) is 12.1. The van der Waals surface area contributed by atoms with Crippen molar-refractivity contribution in [3.63, 3.8) is 0 Å². The first-order valence-corrected chi connectivity index (χ1v) is 7.17. The van der Waals surface area contributed by atoms with Crippen LogP contribution in [0, 0.1) is 11.8 Å². The molecule has 1 aliphatic rings. The Morgan fingerprint density at radius 1 is 1.16 bits per heavy atom. The molecule has 0 saturated heterocycles. The van der Waals surface area contributed by atoms with Gasteiger partial charge in [0, 0.05) is 0 Å². The first-order valence-electron chi connectivity index (χ1n) is 7.17. The molecular weight excluding hydrogens is 244 g/mol. The molecule has 0 heterocycles. The van der Waals surface area contributed by atoms with Gasteiger partial charge in [0.05, 0.1) is 6.04 Å².